The van der Waals surface area contributed by atoms with Crippen LogP contribution < -0.4 is 10.6 Å². The largest absolute Gasteiger partial charge is 0.394 e. The van der Waals surface area contributed by atoms with Crippen LogP contribution in [0.15, 0.2) is 0 Å². The maximum absolute atomic E-state index is 12.4. The second-order valence-corrected chi connectivity index (χ2v) is 15.2. The van der Waals surface area contributed by atoms with E-state index in [4.69, 9.17) is 37.9 Å². The fourth-order valence-electron chi connectivity index (χ4n) is 7.41. The van der Waals surface area contributed by atoms with Crippen LogP contribution in [0.2, 0.25) is 0 Å². The lowest BCUT2D eigenvalue weighted by molar-refractivity contribution is -0.391. The SMILES string of the molecule is CC(=O)N[C@H]1[C@H](O[C@@H]2[C@@H](O[C@@H]3[C@H](O)[C@H](O[C@@H]([C@H](O)[C@H](CO)NC(C)=O)[C@H](O)CO)O[C@H](CO)[C@H]3O)O[C@H](CO)[C@@H](O)[C@@H]2O)O[C@H](CO)[C@@H](O[C@@H]2O[C@H](CO)[C@H](O)[C@H](O)[C@H]2O)[C@@H]1O. The summed E-state index contributed by atoms with van der Waals surface area (Å²) in [7, 11) is 0. The first-order valence-electron chi connectivity index (χ1n) is 19.5. The zero-order valence-electron chi connectivity index (χ0n) is 33.3. The van der Waals surface area contributed by atoms with Crippen LogP contribution >= 0.6 is 0 Å². The molecule has 362 valence electrons. The molecule has 0 radical (unpaired) electrons. The summed E-state index contributed by atoms with van der Waals surface area (Å²) in [6.45, 7) is -3.78. The van der Waals surface area contributed by atoms with Gasteiger partial charge in [0, 0.05) is 13.8 Å². The van der Waals surface area contributed by atoms with Gasteiger partial charge >= 0.3 is 0 Å². The average Bonchev–Trinajstić information content (AvgIpc) is 3.24. The van der Waals surface area contributed by atoms with Gasteiger partial charge in [-0.3, -0.25) is 9.59 Å². The third-order valence-corrected chi connectivity index (χ3v) is 10.8. The Morgan fingerprint density at radius 2 is 1.02 bits per heavy atom. The van der Waals surface area contributed by atoms with E-state index in [1.54, 1.807) is 0 Å². The van der Waals surface area contributed by atoms with Crippen molar-refractivity contribution in [2.24, 2.45) is 0 Å². The highest BCUT2D eigenvalue weighted by Gasteiger charge is 2.56. The van der Waals surface area contributed by atoms with E-state index in [0.717, 1.165) is 13.8 Å². The van der Waals surface area contributed by atoms with E-state index >= 15 is 0 Å². The highest BCUT2D eigenvalue weighted by atomic mass is 16.8. The summed E-state index contributed by atoms with van der Waals surface area (Å²) in [5, 5.41) is 173. The fraction of sp³-hybridized carbons (Fsp3) is 0.941. The summed E-state index contributed by atoms with van der Waals surface area (Å²) < 4.78 is 45.4. The summed E-state index contributed by atoms with van der Waals surface area (Å²) in [6.07, 6.45) is -42.4. The molecule has 4 aliphatic rings. The molecule has 2 amide bonds. The normalized spacial score (nSPS) is 43.6. The Kier molecular flexibility index (Phi) is 19.9. The van der Waals surface area contributed by atoms with Gasteiger partial charge < -0.3 is 130 Å². The van der Waals surface area contributed by atoms with E-state index in [0.29, 0.717) is 0 Å². The lowest BCUT2D eigenvalue weighted by atomic mass is 9.94. The van der Waals surface area contributed by atoms with Gasteiger partial charge in [0.1, 0.15) is 116 Å². The van der Waals surface area contributed by atoms with Crippen LogP contribution in [-0.4, -0.2) is 280 Å². The molecule has 4 aliphatic heterocycles. The molecule has 0 saturated carbocycles. The number of hydrogen-bond donors (Lipinski definition) is 18. The molecule has 62 heavy (non-hydrogen) atoms. The van der Waals surface area contributed by atoms with Crippen LogP contribution in [0.3, 0.4) is 0 Å². The Morgan fingerprint density at radius 1 is 0.516 bits per heavy atom. The molecule has 28 nitrogen and oxygen atoms in total. The Hall–Kier alpha value is -2.02. The standard InChI is InChI=1S/C34H60N2O26/c1-9(43)35-11(3-37)18(46)27(12(45)4-38)59-33-26(54)29(21(49)15(7-41)56-33)61-34-30(24(52)20(48)14(6-40)57-34)62-31-17(36-10(2)44)22(50)28(16(8-42)58-31)60-32-25(53)23(51)19(47)13(5-39)55-32/h11-34,37-42,45-54H,3-8H2,1-2H3,(H,35,43)(H,36,44)/t11-,12+,13+,14+,15+,16+,17+,18+,19-,20+,21+,22+,23-,24-,25+,26-,27+,28+,29-,30-,31-,32-,33-,34+/m0/s1. The topological polar surface area (TPSA) is 456 Å². The van der Waals surface area contributed by atoms with E-state index in [1.165, 1.54) is 0 Å². The lowest BCUT2D eigenvalue weighted by Crippen LogP contribution is -2.70. The van der Waals surface area contributed by atoms with Crippen LogP contribution in [0, 0.1) is 0 Å². The van der Waals surface area contributed by atoms with Crippen molar-refractivity contribution in [2.75, 3.05) is 39.6 Å². The summed E-state index contributed by atoms with van der Waals surface area (Å²) in [5.41, 5.74) is 0. The van der Waals surface area contributed by atoms with Crippen molar-refractivity contribution in [2.45, 2.75) is 161 Å². The van der Waals surface area contributed by atoms with Gasteiger partial charge in [-0.05, 0) is 0 Å². The molecule has 0 unspecified atom stereocenters. The van der Waals surface area contributed by atoms with Gasteiger partial charge in [0.2, 0.25) is 11.8 Å². The number of amides is 2. The molecular formula is C34H60N2O26. The number of carbonyl (C=O) groups is 2. The fourth-order valence-corrected chi connectivity index (χ4v) is 7.41. The maximum Gasteiger partial charge on any atom is 0.217 e. The van der Waals surface area contributed by atoms with Gasteiger partial charge in [0.15, 0.2) is 25.2 Å². The second kappa shape index (κ2) is 23.4. The van der Waals surface area contributed by atoms with Gasteiger partial charge in [0.25, 0.3) is 0 Å². The molecule has 4 fully saturated rings. The first-order valence-corrected chi connectivity index (χ1v) is 19.5. The molecule has 4 heterocycles. The zero-order valence-corrected chi connectivity index (χ0v) is 33.3. The number of rotatable bonds is 19. The van der Waals surface area contributed by atoms with Gasteiger partial charge in [-0.15, -0.1) is 0 Å². The van der Waals surface area contributed by atoms with Crippen molar-refractivity contribution < 1.29 is 129 Å². The number of hydrogen-bond acceptors (Lipinski definition) is 26. The van der Waals surface area contributed by atoms with Crippen molar-refractivity contribution in [3.8, 4) is 0 Å². The molecule has 0 spiro atoms. The van der Waals surface area contributed by atoms with Crippen molar-refractivity contribution >= 4 is 11.8 Å². The zero-order chi connectivity index (χ0) is 46.3. The molecule has 0 aromatic rings. The first kappa shape index (κ1) is 52.6. The number of nitrogens with one attached hydrogen (secondary N) is 2. The molecule has 4 rings (SSSR count). The molecular weight excluding hydrogens is 852 g/mol. The number of aliphatic hydroxyl groups excluding tert-OH is 16. The number of aliphatic hydroxyl groups is 16. The quantitative estimate of drug-likeness (QED) is 0.0572. The van der Waals surface area contributed by atoms with Crippen molar-refractivity contribution in [3.05, 3.63) is 0 Å². The average molecular weight is 913 g/mol. The summed E-state index contributed by atoms with van der Waals surface area (Å²) in [6, 6.07) is -3.26. The van der Waals surface area contributed by atoms with Crippen molar-refractivity contribution in [1.82, 2.24) is 10.6 Å². The molecule has 24 atom stereocenters. The highest BCUT2D eigenvalue weighted by molar-refractivity contribution is 5.73. The molecule has 18 N–H and O–H groups in total. The molecule has 0 aliphatic carbocycles. The van der Waals surface area contributed by atoms with E-state index in [2.05, 4.69) is 10.6 Å². The predicted octanol–water partition coefficient (Wildman–Crippen LogP) is -12.0. The highest BCUT2D eigenvalue weighted by Crippen LogP contribution is 2.35. The van der Waals surface area contributed by atoms with Crippen LogP contribution in [0.4, 0.5) is 0 Å². The van der Waals surface area contributed by atoms with Crippen LogP contribution in [0.1, 0.15) is 13.8 Å². The number of ether oxygens (including phenoxy) is 8. The van der Waals surface area contributed by atoms with Crippen molar-refractivity contribution in [1.29, 1.82) is 0 Å². The minimum Gasteiger partial charge on any atom is -0.394 e. The molecule has 4 saturated heterocycles. The first-order chi connectivity index (χ1) is 29.3. The van der Waals surface area contributed by atoms with Crippen molar-refractivity contribution in [3.63, 3.8) is 0 Å². The molecule has 28 heteroatoms. The predicted molar refractivity (Wildman–Crippen MR) is 192 cm³/mol. The van der Waals surface area contributed by atoms with E-state index in [-0.39, 0.29) is 0 Å². The molecule has 0 aromatic heterocycles. The summed E-state index contributed by atoms with van der Waals surface area (Å²) >= 11 is 0. The van der Waals surface area contributed by atoms with Crippen LogP contribution in [0.25, 0.3) is 0 Å². The minimum atomic E-state index is -2.22. The van der Waals surface area contributed by atoms with E-state index < -0.39 is 199 Å². The Bertz CT molecular complexity index is 1390. The molecule has 0 aromatic carbocycles. The summed E-state index contributed by atoms with van der Waals surface area (Å²) in [5.74, 6) is -1.56. The Balaban J connectivity index is 1.64. The maximum atomic E-state index is 12.4. The Labute approximate surface area is 352 Å². The lowest BCUT2D eigenvalue weighted by Gasteiger charge is -2.50. The summed E-state index contributed by atoms with van der Waals surface area (Å²) in [4.78, 5) is 24.1. The van der Waals surface area contributed by atoms with Crippen LogP contribution in [0.5, 0.6) is 0 Å². The smallest absolute Gasteiger partial charge is 0.217 e. The van der Waals surface area contributed by atoms with E-state index in [1.807, 2.05) is 0 Å². The van der Waals surface area contributed by atoms with Gasteiger partial charge in [-0.25, -0.2) is 0 Å². The number of carbonyl (C=O) groups excluding carboxylic acids is 2. The third-order valence-electron chi connectivity index (χ3n) is 10.8. The second-order valence-electron chi connectivity index (χ2n) is 15.2. The van der Waals surface area contributed by atoms with Gasteiger partial charge in [-0.2, -0.15) is 0 Å². The van der Waals surface area contributed by atoms with Gasteiger partial charge in [-0.1, -0.05) is 0 Å². The minimum absolute atomic E-state index is 0.728. The Morgan fingerprint density at radius 3 is 1.55 bits per heavy atom. The monoisotopic (exact) mass is 912 g/mol. The van der Waals surface area contributed by atoms with E-state index in [9.17, 15) is 91.3 Å². The van der Waals surface area contributed by atoms with Crippen LogP contribution in [-0.2, 0) is 47.5 Å². The van der Waals surface area contributed by atoms with Gasteiger partial charge in [0.05, 0.1) is 45.7 Å². The molecule has 0 bridgehead atoms. The third kappa shape index (κ3) is 11.9.